The third-order valence-electron chi connectivity index (χ3n) is 6.19. The third-order valence-corrected chi connectivity index (χ3v) is 6.19. The maximum absolute atomic E-state index is 3.63. The molecule has 2 fully saturated rings. The number of nitrogens with zero attached hydrogens (tertiary/aromatic N) is 1. The van der Waals surface area contributed by atoms with E-state index in [1.165, 1.54) is 38.6 Å². The van der Waals surface area contributed by atoms with Crippen LogP contribution in [0.2, 0.25) is 0 Å². The summed E-state index contributed by atoms with van der Waals surface area (Å²) in [5, 5.41) is 3.63. The predicted octanol–water partition coefficient (Wildman–Crippen LogP) is 4.83. The first-order chi connectivity index (χ1) is 9.29. The Bertz CT molecular complexity index is 325. The van der Waals surface area contributed by atoms with Gasteiger partial charge >= 0.3 is 0 Å². The molecular formula is C19H40N2. The highest BCUT2D eigenvalue weighted by Crippen LogP contribution is 2.42. The molecule has 2 aliphatic heterocycles. The molecule has 0 aromatic rings. The molecule has 0 spiro atoms. The van der Waals surface area contributed by atoms with Gasteiger partial charge in [0.2, 0.25) is 0 Å². The normalized spacial score (nSPS) is 30.1. The van der Waals surface area contributed by atoms with Crippen LogP contribution in [0.1, 0.15) is 87.5 Å². The summed E-state index contributed by atoms with van der Waals surface area (Å²) in [7, 11) is 2.24. The molecule has 0 bridgehead atoms. The molecule has 2 nitrogen and oxygen atoms in total. The van der Waals surface area contributed by atoms with E-state index in [-0.39, 0.29) is 0 Å². The van der Waals surface area contributed by atoms with Crippen molar-refractivity contribution in [2.45, 2.75) is 104 Å². The van der Waals surface area contributed by atoms with Crippen LogP contribution in [-0.4, -0.2) is 35.1 Å². The third kappa shape index (κ3) is 4.96. The monoisotopic (exact) mass is 296 g/mol. The Labute approximate surface area is 134 Å². The number of hydrogen-bond acceptors (Lipinski definition) is 2. The zero-order valence-electron chi connectivity index (χ0n) is 16.2. The molecular weight excluding hydrogens is 256 g/mol. The van der Waals surface area contributed by atoms with Crippen molar-refractivity contribution in [1.82, 2.24) is 10.2 Å². The van der Waals surface area contributed by atoms with E-state index in [1.54, 1.807) is 0 Å². The topological polar surface area (TPSA) is 15.3 Å². The van der Waals surface area contributed by atoms with Gasteiger partial charge in [0.05, 0.1) is 0 Å². The van der Waals surface area contributed by atoms with Gasteiger partial charge in [0.15, 0.2) is 0 Å². The van der Waals surface area contributed by atoms with E-state index >= 15 is 0 Å². The summed E-state index contributed by atoms with van der Waals surface area (Å²) >= 11 is 0. The summed E-state index contributed by atoms with van der Waals surface area (Å²) in [4.78, 5) is 2.48. The standard InChI is InChI=1S/C10H21N.C9H19N/c1-9(2)7-6-8-11(5)10(9,3)4;1-8(2)6-5-7-9(3,4)10-8/h6-8H2,1-5H3;10H,5-7H2,1-4H3. The molecule has 0 aromatic carbocycles. The van der Waals surface area contributed by atoms with Crippen LogP contribution in [0.3, 0.4) is 0 Å². The van der Waals surface area contributed by atoms with Gasteiger partial charge in [-0.2, -0.15) is 0 Å². The van der Waals surface area contributed by atoms with Gasteiger partial charge in [-0.3, -0.25) is 0 Å². The number of rotatable bonds is 0. The van der Waals surface area contributed by atoms with Crippen molar-refractivity contribution in [3.05, 3.63) is 0 Å². The van der Waals surface area contributed by atoms with E-state index < -0.39 is 0 Å². The van der Waals surface area contributed by atoms with Crippen LogP contribution < -0.4 is 5.32 Å². The van der Waals surface area contributed by atoms with Gasteiger partial charge in [0.1, 0.15) is 0 Å². The number of hydrogen-bond donors (Lipinski definition) is 1. The number of piperidine rings is 2. The molecule has 2 saturated heterocycles. The van der Waals surface area contributed by atoms with Crippen molar-refractivity contribution in [2.24, 2.45) is 5.41 Å². The average Bonchev–Trinajstić information content (AvgIpc) is 2.24. The fourth-order valence-electron chi connectivity index (χ4n) is 3.87. The van der Waals surface area contributed by atoms with Gasteiger partial charge in [-0.05, 0) is 92.7 Å². The summed E-state index contributed by atoms with van der Waals surface area (Å²) in [6, 6.07) is 0. The Morgan fingerprint density at radius 3 is 1.48 bits per heavy atom. The van der Waals surface area contributed by atoms with Gasteiger partial charge < -0.3 is 10.2 Å². The van der Waals surface area contributed by atoms with Gasteiger partial charge in [-0.1, -0.05) is 13.8 Å². The van der Waals surface area contributed by atoms with Crippen molar-refractivity contribution in [3.8, 4) is 0 Å². The van der Waals surface area contributed by atoms with Crippen LogP contribution in [-0.2, 0) is 0 Å². The Morgan fingerprint density at radius 2 is 1.19 bits per heavy atom. The lowest BCUT2D eigenvalue weighted by Gasteiger charge is -2.52. The highest BCUT2D eigenvalue weighted by atomic mass is 15.2. The molecule has 0 amide bonds. The minimum Gasteiger partial charge on any atom is -0.307 e. The largest absolute Gasteiger partial charge is 0.307 e. The predicted molar refractivity (Wildman–Crippen MR) is 94.9 cm³/mol. The summed E-state index contributed by atoms with van der Waals surface area (Å²) in [5.74, 6) is 0. The average molecular weight is 297 g/mol. The fraction of sp³-hybridized carbons (Fsp3) is 1.00. The quantitative estimate of drug-likeness (QED) is 0.688. The first-order valence-corrected chi connectivity index (χ1v) is 8.80. The second kappa shape index (κ2) is 6.20. The van der Waals surface area contributed by atoms with E-state index in [9.17, 15) is 0 Å². The smallest absolute Gasteiger partial charge is 0.0201 e. The minimum atomic E-state index is 0.363. The molecule has 2 aliphatic rings. The molecule has 2 rings (SSSR count). The Morgan fingerprint density at radius 1 is 0.714 bits per heavy atom. The van der Waals surface area contributed by atoms with Gasteiger partial charge in [0.25, 0.3) is 0 Å². The Balaban J connectivity index is 0.000000211. The van der Waals surface area contributed by atoms with Gasteiger partial charge in [-0.15, -0.1) is 0 Å². The molecule has 0 radical (unpaired) electrons. The second-order valence-electron chi connectivity index (χ2n) is 9.71. The minimum absolute atomic E-state index is 0.363. The molecule has 0 aliphatic carbocycles. The van der Waals surface area contributed by atoms with Crippen molar-refractivity contribution in [3.63, 3.8) is 0 Å². The van der Waals surface area contributed by atoms with E-state index in [0.717, 1.165) is 0 Å². The van der Waals surface area contributed by atoms with Crippen LogP contribution >= 0.6 is 0 Å². The van der Waals surface area contributed by atoms with Crippen LogP contribution in [0.4, 0.5) is 0 Å². The highest BCUT2D eigenvalue weighted by molar-refractivity contribution is 4.97. The SMILES string of the molecule is CC1(C)CCCC(C)(C)N1.CN1CCCC(C)(C)C1(C)C. The van der Waals surface area contributed by atoms with Crippen LogP contribution in [0.25, 0.3) is 0 Å². The lowest BCUT2D eigenvalue weighted by atomic mass is 9.68. The van der Waals surface area contributed by atoms with Crippen LogP contribution in [0.15, 0.2) is 0 Å². The summed E-state index contributed by atoms with van der Waals surface area (Å²) in [6.45, 7) is 19.9. The summed E-state index contributed by atoms with van der Waals surface area (Å²) in [6.07, 6.45) is 6.72. The van der Waals surface area contributed by atoms with E-state index in [0.29, 0.717) is 22.0 Å². The maximum Gasteiger partial charge on any atom is 0.0201 e. The van der Waals surface area contributed by atoms with E-state index in [4.69, 9.17) is 0 Å². The molecule has 0 aromatic heterocycles. The van der Waals surface area contributed by atoms with E-state index in [1.807, 2.05) is 0 Å². The van der Waals surface area contributed by atoms with Crippen LogP contribution in [0.5, 0.6) is 0 Å². The van der Waals surface area contributed by atoms with Crippen molar-refractivity contribution in [1.29, 1.82) is 0 Å². The van der Waals surface area contributed by atoms with Crippen molar-refractivity contribution >= 4 is 0 Å². The fourth-order valence-corrected chi connectivity index (χ4v) is 3.87. The molecule has 1 N–H and O–H groups in total. The number of likely N-dealkylation sites (tertiary alicyclic amines) is 1. The van der Waals surface area contributed by atoms with Crippen molar-refractivity contribution < 1.29 is 0 Å². The molecule has 2 heteroatoms. The lowest BCUT2D eigenvalue weighted by molar-refractivity contribution is -0.0121. The zero-order valence-corrected chi connectivity index (χ0v) is 16.2. The number of nitrogens with one attached hydrogen (secondary N) is 1. The molecule has 0 unspecified atom stereocenters. The molecule has 126 valence electrons. The maximum atomic E-state index is 3.63. The highest BCUT2D eigenvalue weighted by Gasteiger charge is 2.42. The summed E-state index contributed by atoms with van der Waals surface area (Å²) in [5.41, 5.74) is 1.56. The molecule has 21 heavy (non-hydrogen) atoms. The Kier molecular flexibility index (Phi) is 5.60. The lowest BCUT2D eigenvalue weighted by Crippen LogP contribution is -2.55. The van der Waals surface area contributed by atoms with Crippen LogP contribution in [0, 0.1) is 5.41 Å². The first kappa shape index (κ1) is 19.0. The molecule has 0 saturated carbocycles. The molecule has 2 heterocycles. The first-order valence-electron chi connectivity index (χ1n) is 8.80. The van der Waals surface area contributed by atoms with Crippen molar-refractivity contribution in [2.75, 3.05) is 13.6 Å². The van der Waals surface area contributed by atoms with Gasteiger partial charge in [-0.25, -0.2) is 0 Å². The second-order valence-corrected chi connectivity index (χ2v) is 9.71. The molecule has 0 atom stereocenters. The summed E-state index contributed by atoms with van der Waals surface area (Å²) < 4.78 is 0. The Hall–Kier alpha value is -0.0800. The van der Waals surface area contributed by atoms with E-state index in [2.05, 4.69) is 72.7 Å². The zero-order chi connectivity index (χ0) is 16.5. The van der Waals surface area contributed by atoms with Gasteiger partial charge in [0, 0.05) is 16.6 Å².